The Morgan fingerprint density at radius 1 is 1.12 bits per heavy atom. The third-order valence-electron chi connectivity index (χ3n) is 5.06. The molecular weight excluding hydrogens is 436 g/mol. The van der Waals surface area contributed by atoms with E-state index in [1.165, 1.54) is 17.3 Å². The highest BCUT2D eigenvalue weighted by atomic mass is 32.2. The van der Waals surface area contributed by atoms with Crippen LogP contribution < -0.4 is 14.8 Å². The summed E-state index contributed by atoms with van der Waals surface area (Å²) in [6.45, 7) is 10.9. The quantitative estimate of drug-likeness (QED) is 0.425. The lowest BCUT2D eigenvalue weighted by molar-refractivity contribution is -0.113. The minimum atomic E-state index is -0.288. The second-order valence-corrected chi connectivity index (χ2v) is 9.64. The number of nitrogens with one attached hydrogen (secondary N) is 1. The Bertz CT molecular complexity index is 1070. The number of amides is 1. The molecule has 1 N–H and O–H groups in total. The fraction of sp³-hybridized carbons (Fsp3) is 0.400. The van der Waals surface area contributed by atoms with Crippen molar-refractivity contribution in [1.82, 2.24) is 14.8 Å². The molecule has 0 saturated heterocycles. The molecule has 1 unspecified atom stereocenters. The Morgan fingerprint density at radius 3 is 2.48 bits per heavy atom. The molecule has 1 amide bonds. The molecule has 0 aliphatic rings. The SMILES string of the molecule is CCOc1ccccc1NC(=O)CSc1nnc(C(C)Oc2ccc(C(C)(C)C)cc2)n1C. The number of nitrogens with zero attached hydrogens (tertiary/aromatic N) is 3. The number of carbonyl (C=O) groups excluding carboxylic acids is 1. The first-order chi connectivity index (χ1) is 15.7. The Balaban J connectivity index is 1.58. The number of rotatable bonds is 9. The molecule has 0 fully saturated rings. The molecule has 3 aromatic rings. The average Bonchev–Trinajstić information content (AvgIpc) is 3.14. The highest BCUT2D eigenvalue weighted by molar-refractivity contribution is 7.99. The summed E-state index contributed by atoms with van der Waals surface area (Å²) in [5.74, 6) is 2.19. The molecule has 33 heavy (non-hydrogen) atoms. The fourth-order valence-corrected chi connectivity index (χ4v) is 3.98. The number of anilines is 1. The molecule has 0 bridgehead atoms. The van der Waals surface area contributed by atoms with Gasteiger partial charge in [-0.25, -0.2) is 0 Å². The summed E-state index contributed by atoms with van der Waals surface area (Å²) in [5.41, 5.74) is 2.00. The van der Waals surface area contributed by atoms with Crippen LogP contribution in [0.2, 0.25) is 0 Å². The first-order valence-electron chi connectivity index (χ1n) is 11.0. The molecule has 0 radical (unpaired) electrons. The van der Waals surface area contributed by atoms with Gasteiger partial charge in [-0.2, -0.15) is 0 Å². The zero-order valence-electron chi connectivity index (χ0n) is 20.1. The van der Waals surface area contributed by atoms with Crippen molar-refractivity contribution in [3.05, 3.63) is 59.9 Å². The van der Waals surface area contributed by atoms with Crippen LogP contribution in [-0.2, 0) is 17.3 Å². The summed E-state index contributed by atoms with van der Waals surface area (Å²) in [7, 11) is 1.88. The van der Waals surface area contributed by atoms with Crippen LogP contribution in [0.3, 0.4) is 0 Å². The molecule has 1 aromatic heterocycles. The normalized spacial score (nSPS) is 12.3. The molecule has 176 valence electrons. The van der Waals surface area contributed by atoms with E-state index in [4.69, 9.17) is 9.47 Å². The van der Waals surface area contributed by atoms with Gasteiger partial charge in [0.25, 0.3) is 0 Å². The maximum absolute atomic E-state index is 12.5. The van der Waals surface area contributed by atoms with E-state index in [-0.39, 0.29) is 23.2 Å². The second kappa shape index (κ2) is 10.7. The number of thioether (sulfide) groups is 1. The van der Waals surface area contributed by atoms with E-state index in [0.29, 0.717) is 29.0 Å². The number of para-hydroxylation sites is 2. The third-order valence-corrected chi connectivity index (χ3v) is 6.08. The van der Waals surface area contributed by atoms with E-state index < -0.39 is 0 Å². The van der Waals surface area contributed by atoms with Crippen molar-refractivity contribution in [2.75, 3.05) is 17.7 Å². The molecule has 1 heterocycles. The van der Waals surface area contributed by atoms with Crippen LogP contribution in [0.1, 0.15) is 52.1 Å². The van der Waals surface area contributed by atoms with Crippen LogP contribution in [0.4, 0.5) is 5.69 Å². The predicted octanol–water partition coefficient (Wildman–Crippen LogP) is 5.38. The molecule has 0 spiro atoms. The second-order valence-electron chi connectivity index (χ2n) is 8.70. The monoisotopic (exact) mass is 468 g/mol. The van der Waals surface area contributed by atoms with Crippen LogP contribution in [0.15, 0.2) is 53.7 Å². The van der Waals surface area contributed by atoms with Crippen molar-refractivity contribution >= 4 is 23.4 Å². The summed E-state index contributed by atoms with van der Waals surface area (Å²) in [5, 5.41) is 12.1. The fourth-order valence-electron chi connectivity index (χ4n) is 3.26. The van der Waals surface area contributed by atoms with Crippen molar-refractivity contribution in [3.8, 4) is 11.5 Å². The van der Waals surface area contributed by atoms with Gasteiger partial charge in [0.05, 0.1) is 18.0 Å². The van der Waals surface area contributed by atoms with Gasteiger partial charge in [-0.15, -0.1) is 10.2 Å². The maximum atomic E-state index is 12.5. The smallest absolute Gasteiger partial charge is 0.234 e. The Morgan fingerprint density at radius 2 is 1.82 bits per heavy atom. The van der Waals surface area contributed by atoms with Crippen molar-refractivity contribution in [2.24, 2.45) is 7.05 Å². The molecule has 0 aliphatic carbocycles. The minimum Gasteiger partial charge on any atom is -0.492 e. The first kappa shape index (κ1) is 24.6. The highest BCUT2D eigenvalue weighted by Gasteiger charge is 2.19. The highest BCUT2D eigenvalue weighted by Crippen LogP contribution is 2.28. The largest absolute Gasteiger partial charge is 0.492 e. The molecular formula is C25H32N4O3S. The summed E-state index contributed by atoms with van der Waals surface area (Å²) in [6, 6.07) is 15.5. The topological polar surface area (TPSA) is 78.3 Å². The van der Waals surface area contributed by atoms with E-state index in [1.807, 2.05) is 61.9 Å². The van der Waals surface area contributed by atoms with Crippen LogP contribution in [0, 0.1) is 0 Å². The van der Waals surface area contributed by atoms with Crippen LogP contribution >= 0.6 is 11.8 Å². The van der Waals surface area contributed by atoms with Gasteiger partial charge in [-0.05, 0) is 49.1 Å². The van der Waals surface area contributed by atoms with Crippen LogP contribution in [0.5, 0.6) is 11.5 Å². The molecule has 8 heteroatoms. The number of benzene rings is 2. The molecule has 1 atom stereocenters. The summed E-state index contributed by atoms with van der Waals surface area (Å²) in [6.07, 6.45) is -0.288. The van der Waals surface area contributed by atoms with Gasteiger partial charge >= 0.3 is 0 Å². The molecule has 3 rings (SSSR count). The van der Waals surface area contributed by atoms with Crippen LogP contribution in [0.25, 0.3) is 0 Å². The third kappa shape index (κ3) is 6.51. The predicted molar refractivity (Wildman–Crippen MR) is 132 cm³/mol. The van der Waals surface area contributed by atoms with Gasteiger partial charge in [0.15, 0.2) is 17.1 Å². The van der Waals surface area contributed by atoms with Crippen molar-refractivity contribution in [1.29, 1.82) is 0 Å². The van der Waals surface area contributed by atoms with E-state index in [1.54, 1.807) is 0 Å². The van der Waals surface area contributed by atoms with Gasteiger partial charge in [-0.3, -0.25) is 4.79 Å². The van der Waals surface area contributed by atoms with Crippen molar-refractivity contribution in [2.45, 2.75) is 51.3 Å². The lowest BCUT2D eigenvalue weighted by Crippen LogP contribution is -2.15. The first-order valence-corrected chi connectivity index (χ1v) is 12.0. The number of ether oxygens (including phenoxy) is 2. The van der Waals surface area contributed by atoms with Crippen molar-refractivity contribution in [3.63, 3.8) is 0 Å². The average molecular weight is 469 g/mol. The zero-order valence-corrected chi connectivity index (χ0v) is 20.9. The summed E-state index contributed by atoms with van der Waals surface area (Å²) >= 11 is 1.32. The summed E-state index contributed by atoms with van der Waals surface area (Å²) in [4.78, 5) is 12.5. The Kier molecular flexibility index (Phi) is 8.02. The Labute approximate surface area is 199 Å². The lowest BCUT2D eigenvalue weighted by atomic mass is 9.87. The number of aromatic nitrogens is 3. The number of carbonyl (C=O) groups is 1. The standard InChI is InChI=1S/C25H32N4O3S/c1-7-31-21-11-9-8-10-20(21)26-22(30)16-33-24-28-27-23(29(24)6)17(2)32-19-14-12-18(13-15-19)25(3,4)5/h8-15,17H,7,16H2,1-6H3,(H,26,30). The Hall–Kier alpha value is -3.00. The zero-order chi connectivity index (χ0) is 24.0. The minimum absolute atomic E-state index is 0.0945. The van der Waals surface area contributed by atoms with Gasteiger partial charge in [0.2, 0.25) is 5.91 Å². The van der Waals surface area contributed by atoms with Crippen molar-refractivity contribution < 1.29 is 14.3 Å². The van der Waals surface area contributed by atoms with Gasteiger partial charge < -0.3 is 19.4 Å². The molecule has 2 aromatic carbocycles. The van der Waals surface area contributed by atoms with Crippen LogP contribution in [-0.4, -0.2) is 33.0 Å². The maximum Gasteiger partial charge on any atom is 0.234 e. The number of hydrogen-bond donors (Lipinski definition) is 1. The molecule has 0 aliphatic heterocycles. The molecule has 0 saturated carbocycles. The van der Waals surface area contributed by atoms with E-state index in [0.717, 1.165) is 5.75 Å². The number of hydrogen-bond acceptors (Lipinski definition) is 6. The van der Waals surface area contributed by atoms with E-state index in [9.17, 15) is 4.79 Å². The van der Waals surface area contributed by atoms with Gasteiger partial charge in [0, 0.05) is 7.05 Å². The molecule has 7 nitrogen and oxygen atoms in total. The van der Waals surface area contributed by atoms with Gasteiger partial charge in [-0.1, -0.05) is 56.8 Å². The van der Waals surface area contributed by atoms with E-state index >= 15 is 0 Å². The van der Waals surface area contributed by atoms with Gasteiger partial charge in [0.1, 0.15) is 11.5 Å². The summed E-state index contributed by atoms with van der Waals surface area (Å²) < 4.78 is 13.5. The lowest BCUT2D eigenvalue weighted by Gasteiger charge is -2.20. The van der Waals surface area contributed by atoms with E-state index in [2.05, 4.69) is 48.4 Å².